The average Bonchev–Trinajstić information content (AvgIpc) is 2.68. The van der Waals surface area contributed by atoms with E-state index in [2.05, 4.69) is 0 Å². The molecule has 4 aliphatic rings. The lowest BCUT2D eigenvalue weighted by Crippen LogP contribution is -2.42. The molecule has 2 heterocycles. The molecule has 3 heteroatoms. The predicted octanol–water partition coefficient (Wildman–Crippen LogP) is 2.27. The van der Waals surface area contributed by atoms with Crippen LogP contribution in [0.15, 0.2) is 0 Å². The monoisotopic (exact) mass is 209 g/mol. The van der Waals surface area contributed by atoms with Gasteiger partial charge < -0.3 is 0 Å². The number of hydrogen-bond donors (Lipinski definition) is 0. The number of nitrogens with zero attached hydrogens (tertiary/aromatic N) is 1. The molecule has 2 aliphatic carbocycles. The van der Waals surface area contributed by atoms with E-state index in [1.165, 1.54) is 44.9 Å². The van der Waals surface area contributed by atoms with E-state index in [1.807, 2.05) is 5.23 Å². The number of fused-ring (bicyclic) bond motifs is 5. The zero-order valence-electron chi connectivity index (χ0n) is 9.10. The van der Waals surface area contributed by atoms with Crippen LogP contribution in [0.25, 0.3) is 0 Å². The first kappa shape index (κ1) is 8.97. The third-order valence-corrected chi connectivity index (χ3v) is 4.87. The van der Waals surface area contributed by atoms with Crippen LogP contribution in [0.4, 0.5) is 0 Å². The Morgan fingerprint density at radius 3 is 2.87 bits per heavy atom. The van der Waals surface area contributed by atoms with Crippen LogP contribution >= 0.6 is 0 Å². The largest absolute Gasteiger partial charge is 0.268 e. The summed E-state index contributed by atoms with van der Waals surface area (Å²) in [4.78, 5) is 11.9. The van der Waals surface area contributed by atoms with E-state index in [0.717, 1.165) is 11.8 Å². The molecule has 2 aliphatic heterocycles. The summed E-state index contributed by atoms with van der Waals surface area (Å²) < 4.78 is 0. The van der Waals surface area contributed by atoms with Crippen molar-refractivity contribution in [1.29, 1.82) is 0 Å². The van der Waals surface area contributed by atoms with E-state index in [-0.39, 0.29) is 0 Å². The van der Waals surface area contributed by atoms with E-state index in [4.69, 9.17) is 9.68 Å². The molecule has 4 rings (SSSR count). The van der Waals surface area contributed by atoms with Crippen molar-refractivity contribution < 1.29 is 9.68 Å². The quantitative estimate of drug-likeness (QED) is 0.611. The van der Waals surface area contributed by atoms with Crippen molar-refractivity contribution in [2.75, 3.05) is 0 Å². The van der Waals surface area contributed by atoms with Gasteiger partial charge in [-0.25, -0.2) is 0 Å². The molecule has 0 radical (unpaired) electrons. The molecule has 0 aromatic carbocycles. The van der Waals surface area contributed by atoms with Crippen LogP contribution in [-0.4, -0.2) is 23.5 Å². The highest BCUT2D eigenvalue weighted by Gasteiger charge is 2.52. The Bertz CT molecular complexity index is 270. The van der Waals surface area contributed by atoms with Gasteiger partial charge >= 0.3 is 0 Å². The summed E-state index contributed by atoms with van der Waals surface area (Å²) >= 11 is 0. The molecule has 84 valence electrons. The Labute approximate surface area is 90.6 Å². The summed E-state index contributed by atoms with van der Waals surface area (Å²) in [6.07, 6.45) is 10.1. The summed E-state index contributed by atoms with van der Waals surface area (Å²) in [5.74, 6) is 1.71. The topological polar surface area (TPSA) is 21.7 Å². The minimum absolute atomic E-state index is 0.382. The first-order valence-corrected chi connectivity index (χ1v) is 6.54. The second kappa shape index (κ2) is 3.19. The molecule has 6 atom stereocenters. The van der Waals surface area contributed by atoms with Crippen molar-refractivity contribution >= 4 is 0 Å². The SMILES string of the molecule is C1CC2ON3OC2C(C1)C1CCCC3C1. The third-order valence-electron chi connectivity index (χ3n) is 4.87. The van der Waals surface area contributed by atoms with Gasteiger partial charge in [-0.1, -0.05) is 18.1 Å². The van der Waals surface area contributed by atoms with Crippen LogP contribution in [0.2, 0.25) is 0 Å². The van der Waals surface area contributed by atoms with Crippen molar-refractivity contribution in [1.82, 2.24) is 5.23 Å². The second-order valence-corrected chi connectivity index (χ2v) is 5.67. The minimum atomic E-state index is 0.382. The zero-order chi connectivity index (χ0) is 9.83. The lowest BCUT2D eigenvalue weighted by atomic mass is 9.70. The molecule has 4 fully saturated rings. The molecule has 2 saturated heterocycles. The summed E-state index contributed by atoms with van der Waals surface area (Å²) in [6, 6.07) is 0.555. The van der Waals surface area contributed by atoms with Gasteiger partial charge in [-0.05, 0) is 43.9 Å². The smallest absolute Gasteiger partial charge is 0.113 e. The molecule has 4 bridgehead atoms. The predicted molar refractivity (Wildman–Crippen MR) is 54.7 cm³/mol. The molecular weight excluding hydrogens is 190 g/mol. The van der Waals surface area contributed by atoms with Crippen LogP contribution in [0.3, 0.4) is 0 Å². The highest BCUT2D eigenvalue weighted by molar-refractivity contribution is 4.95. The van der Waals surface area contributed by atoms with Gasteiger partial charge in [0, 0.05) is 0 Å². The Balaban J connectivity index is 1.71. The number of hydrogen-bond acceptors (Lipinski definition) is 3. The van der Waals surface area contributed by atoms with Gasteiger partial charge in [0.25, 0.3) is 0 Å². The lowest BCUT2D eigenvalue weighted by Gasteiger charge is -2.39. The normalized spacial score (nSPS) is 57.6. The first-order chi connectivity index (χ1) is 7.42. The van der Waals surface area contributed by atoms with E-state index in [9.17, 15) is 0 Å². The number of hydroxylamine groups is 2. The van der Waals surface area contributed by atoms with E-state index < -0.39 is 0 Å². The van der Waals surface area contributed by atoms with Gasteiger partial charge in [0.1, 0.15) is 12.2 Å². The highest BCUT2D eigenvalue weighted by Crippen LogP contribution is 2.48. The molecule has 6 unspecified atom stereocenters. The summed E-state index contributed by atoms with van der Waals surface area (Å²) in [6.45, 7) is 0. The maximum atomic E-state index is 6.01. The van der Waals surface area contributed by atoms with Crippen LogP contribution in [0.5, 0.6) is 0 Å². The Morgan fingerprint density at radius 2 is 1.87 bits per heavy atom. The van der Waals surface area contributed by atoms with E-state index in [0.29, 0.717) is 18.2 Å². The van der Waals surface area contributed by atoms with Gasteiger partial charge in [-0.3, -0.25) is 9.68 Å². The van der Waals surface area contributed by atoms with Gasteiger partial charge in [-0.15, -0.1) is 0 Å². The maximum Gasteiger partial charge on any atom is 0.113 e. The van der Waals surface area contributed by atoms with Gasteiger partial charge in [0.05, 0.1) is 6.04 Å². The summed E-state index contributed by atoms with van der Waals surface area (Å²) in [7, 11) is 0. The van der Waals surface area contributed by atoms with Crippen molar-refractivity contribution in [3.8, 4) is 0 Å². The molecule has 0 spiro atoms. The van der Waals surface area contributed by atoms with Crippen LogP contribution < -0.4 is 0 Å². The Hall–Kier alpha value is -0.120. The fourth-order valence-corrected chi connectivity index (χ4v) is 4.15. The lowest BCUT2D eigenvalue weighted by molar-refractivity contribution is -0.337. The van der Waals surface area contributed by atoms with Crippen molar-refractivity contribution in [3.63, 3.8) is 0 Å². The van der Waals surface area contributed by atoms with Gasteiger partial charge in [0.15, 0.2) is 0 Å². The van der Waals surface area contributed by atoms with Crippen LogP contribution in [0.1, 0.15) is 44.9 Å². The molecular formula is C12H19NO2. The summed E-state index contributed by atoms with van der Waals surface area (Å²) in [5, 5.41) is 1.88. The first-order valence-electron chi connectivity index (χ1n) is 6.54. The fraction of sp³-hybridized carbons (Fsp3) is 1.00. The van der Waals surface area contributed by atoms with E-state index in [1.54, 1.807) is 0 Å². The van der Waals surface area contributed by atoms with Crippen LogP contribution in [-0.2, 0) is 9.68 Å². The second-order valence-electron chi connectivity index (χ2n) is 5.67. The standard InChI is InChI=1S/C12H19NO2/c1-3-8-7-9(4-1)13-14-11-6-2-5-10(8)12(11)15-13/h8-12H,1-7H2. The minimum Gasteiger partial charge on any atom is -0.268 e. The highest BCUT2D eigenvalue weighted by atomic mass is 17.0. The van der Waals surface area contributed by atoms with E-state index >= 15 is 0 Å². The number of rotatable bonds is 0. The van der Waals surface area contributed by atoms with Crippen molar-refractivity contribution in [3.05, 3.63) is 0 Å². The summed E-state index contributed by atoms with van der Waals surface area (Å²) in [5.41, 5.74) is 0. The van der Waals surface area contributed by atoms with Gasteiger partial charge in [0.2, 0.25) is 0 Å². The third kappa shape index (κ3) is 1.23. The van der Waals surface area contributed by atoms with Gasteiger partial charge in [-0.2, -0.15) is 0 Å². The fourth-order valence-electron chi connectivity index (χ4n) is 4.15. The Morgan fingerprint density at radius 1 is 0.933 bits per heavy atom. The molecule has 15 heavy (non-hydrogen) atoms. The molecule has 0 N–H and O–H groups in total. The molecule has 2 saturated carbocycles. The van der Waals surface area contributed by atoms with Crippen molar-refractivity contribution in [2.45, 2.75) is 63.2 Å². The maximum absolute atomic E-state index is 6.01. The van der Waals surface area contributed by atoms with Crippen LogP contribution in [0, 0.1) is 11.8 Å². The molecule has 0 aromatic heterocycles. The van der Waals surface area contributed by atoms with Crippen molar-refractivity contribution in [2.24, 2.45) is 11.8 Å². The molecule has 0 aromatic rings. The zero-order valence-corrected chi connectivity index (χ0v) is 9.10. The average molecular weight is 209 g/mol. The Kier molecular flexibility index (Phi) is 1.91. The molecule has 0 amide bonds. The molecule has 3 nitrogen and oxygen atoms in total.